The lowest BCUT2D eigenvalue weighted by molar-refractivity contribution is 0.287. The first-order chi connectivity index (χ1) is 9.27. The molecule has 0 atom stereocenters. The fourth-order valence-electron chi connectivity index (χ4n) is 3.34. The van der Waals surface area contributed by atoms with Gasteiger partial charge in [0, 0.05) is 18.7 Å². The summed E-state index contributed by atoms with van der Waals surface area (Å²) in [4.78, 5) is 4.82. The molecule has 4 nitrogen and oxygen atoms in total. The summed E-state index contributed by atoms with van der Waals surface area (Å²) in [5.41, 5.74) is 6.36. The van der Waals surface area contributed by atoms with E-state index in [0.29, 0.717) is 0 Å². The van der Waals surface area contributed by atoms with Gasteiger partial charge < -0.3 is 14.6 Å². The predicted molar refractivity (Wildman–Crippen MR) is 76.1 cm³/mol. The molecule has 1 aromatic carbocycles. The number of imidazole rings is 1. The summed E-state index contributed by atoms with van der Waals surface area (Å²) in [6.45, 7) is 7.26. The molecule has 3 heterocycles. The number of fused-ring (bicyclic) bond motifs is 5. The number of rotatable bonds is 0. The molecule has 2 aromatic rings. The normalized spacial score (nSPS) is 17.6. The van der Waals surface area contributed by atoms with Crippen LogP contribution in [0.4, 0.5) is 5.95 Å². The maximum Gasteiger partial charge on any atom is 0.203 e. The van der Waals surface area contributed by atoms with E-state index in [1.807, 2.05) is 0 Å². The minimum absolute atomic E-state index is 0.845. The number of nitrogens with one attached hydrogen (secondary N) is 1. The second-order valence-electron chi connectivity index (χ2n) is 5.57. The van der Waals surface area contributed by atoms with E-state index in [1.165, 1.54) is 28.6 Å². The Morgan fingerprint density at radius 1 is 1.21 bits per heavy atom. The monoisotopic (exact) mass is 257 g/mol. The van der Waals surface area contributed by atoms with E-state index < -0.39 is 0 Å². The van der Waals surface area contributed by atoms with Crippen molar-refractivity contribution in [3.05, 3.63) is 16.7 Å². The molecule has 0 bridgehead atoms. The molecule has 0 radical (unpaired) electrons. The van der Waals surface area contributed by atoms with E-state index in [1.54, 1.807) is 0 Å². The van der Waals surface area contributed by atoms with Crippen LogP contribution in [0.15, 0.2) is 0 Å². The maximum absolute atomic E-state index is 5.94. The zero-order valence-electron chi connectivity index (χ0n) is 11.5. The third kappa shape index (κ3) is 1.43. The molecule has 0 spiro atoms. The van der Waals surface area contributed by atoms with Crippen LogP contribution in [0.5, 0.6) is 5.75 Å². The van der Waals surface area contributed by atoms with Crippen LogP contribution < -0.4 is 10.1 Å². The summed E-state index contributed by atoms with van der Waals surface area (Å²) in [5, 5.41) is 3.42. The van der Waals surface area contributed by atoms with E-state index in [4.69, 9.17) is 9.72 Å². The van der Waals surface area contributed by atoms with Gasteiger partial charge >= 0.3 is 0 Å². The van der Waals surface area contributed by atoms with Gasteiger partial charge in [0.15, 0.2) is 0 Å². The van der Waals surface area contributed by atoms with Crippen LogP contribution in [0.1, 0.15) is 29.5 Å². The first-order valence-electron chi connectivity index (χ1n) is 7.16. The molecule has 4 rings (SSSR count). The Morgan fingerprint density at radius 3 is 3.00 bits per heavy atom. The second-order valence-corrected chi connectivity index (χ2v) is 5.57. The third-order valence-electron chi connectivity index (χ3n) is 4.44. The number of ether oxygens (including phenoxy) is 1. The van der Waals surface area contributed by atoms with Crippen LogP contribution in [0.3, 0.4) is 0 Å². The van der Waals surface area contributed by atoms with E-state index in [-0.39, 0.29) is 0 Å². The third-order valence-corrected chi connectivity index (χ3v) is 4.44. The quantitative estimate of drug-likeness (QED) is 0.788. The van der Waals surface area contributed by atoms with E-state index in [9.17, 15) is 0 Å². The first-order valence-corrected chi connectivity index (χ1v) is 7.16. The average Bonchev–Trinajstić information content (AvgIpc) is 2.84. The van der Waals surface area contributed by atoms with Crippen LogP contribution in [-0.4, -0.2) is 22.7 Å². The standard InChI is InChI=1S/C15H19N3O/c1-9-10(2)14-11(5-3-8-19-14)13-12(9)17-15-16-6-4-7-18(13)15/h3-8H2,1-2H3,(H,16,17). The van der Waals surface area contributed by atoms with Gasteiger partial charge in [0.25, 0.3) is 0 Å². The molecular weight excluding hydrogens is 238 g/mol. The smallest absolute Gasteiger partial charge is 0.203 e. The first kappa shape index (κ1) is 11.1. The number of aromatic nitrogens is 2. The lowest BCUT2D eigenvalue weighted by Gasteiger charge is -2.23. The van der Waals surface area contributed by atoms with Crippen molar-refractivity contribution in [3.63, 3.8) is 0 Å². The van der Waals surface area contributed by atoms with Crippen LogP contribution >= 0.6 is 0 Å². The molecule has 0 saturated carbocycles. The van der Waals surface area contributed by atoms with Gasteiger partial charge in [0.1, 0.15) is 5.75 Å². The highest BCUT2D eigenvalue weighted by molar-refractivity contribution is 5.89. The van der Waals surface area contributed by atoms with Gasteiger partial charge in [-0.15, -0.1) is 0 Å². The zero-order valence-corrected chi connectivity index (χ0v) is 11.5. The molecule has 0 aliphatic carbocycles. The molecule has 0 fully saturated rings. The Kier molecular flexibility index (Phi) is 2.28. The number of aryl methyl sites for hydroxylation is 3. The molecule has 0 saturated heterocycles. The highest BCUT2D eigenvalue weighted by atomic mass is 16.5. The average molecular weight is 257 g/mol. The molecule has 19 heavy (non-hydrogen) atoms. The molecule has 0 unspecified atom stereocenters. The van der Waals surface area contributed by atoms with Gasteiger partial charge in [-0.3, -0.25) is 0 Å². The van der Waals surface area contributed by atoms with Crippen LogP contribution in [0.2, 0.25) is 0 Å². The fourth-order valence-corrected chi connectivity index (χ4v) is 3.34. The number of benzene rings is 1. The van der Waals surface area contributed by atoms with Crippen molar-refractivity contribution in [3.8, 4) is 5.75 Å². The minimum Gasteiger partial charge on any atom is -0.493 e. The highest BCUT2D eigenvalue weighted by Gasteiger charge is 2.25. The molecule has 0 amide bonds. The zero-order chi connectivity index (χ0) is 13.0. The van der Waals surface area contributed by atoms with Crippen LogP contribution in [-0.2, 0) is 13.0 Å². The van der Waals surface area contributed by atoms with Crippen LogP contribution in [0, 0.1) is 13.8 Å². The fraction of sp³-hybridized carbons (Fsp3) is 0.533. The predicted octanol–water partition coefficient (Wildman–Crippen LogP) is 2.79. The highest BCUT2D eigenvalue weighted by Crippen LogP contribution is 2.39. The van der Waals surface area contributed by atoms with Crippen molar-refractivity contribution in [2.24, 2.45) is 0 Å². The number of nitrogens with zero attached hydrogens (tertiary/aromatic N) is 2. The largest absolute Gasteiger partial charge is 0.493 e. The van der Waals surface area contributed by atoms with Crippen LogP contribution in [0.25, 0.3) is 11.0 Å². The Labute approximate surface area is 112 Å². The van der Waals surface area contributed by atoms with Gasteiger partial charge in [0.2, 0.25) is 5.95 Å². The van der Waals surface area contributed by atoms with Gasteiger partial charge in [0.05, 0.1) is 17.6 Å². The summed E-state index contributed by atoms with van der Waals surface area (Å²) < 4.78 is 8.29. The summed E-state index contributed by atoms with van der Waals surface area (Å²) >= 11 is 0. The van der Waals surface area contributed by atoms with Gasteiger partial charge in [-0.05, 0) is 44.2 Å². The van der Waals surface area contributed by atoms with Crippen molar-refractivity contribution in [1.82, 2.24) is 9.55 Å². The van der Waals surface area contributed by atoms with Gasteiger partial charge in [-0.2, -0.15) is 0 Å². The van der Waals surface area contributed by atoms with Crippen molar-refractivity contribution in [1.29, 1.82) is 0 Å². The SMILES string of the molecule is Cc1c2c(c3c(nc4n3CCCN4)c1C)CCCO2. The van der Waals surface area contributed by atoms with Crippen molar-refractivity contribution in [2.75, 3.05) is 18.5 Å². The maximum atomic E-state index is 5.94. The molecule has 100 valence electrons. The lowest BCUT2D eigenvalue weighted by Crippen LogP contribution is -2.18. The number of hydrogen-bond donors (Lipinski definition) is 1. The summed E-state index contributed by atoms with van der Waals surface area (Å²) in [6, 6.07) is 0. The lowest BCUT2D eigenvalue weighted by atomic mass is 9.97. The Balaban J connectivity index is 2.12. The van der Waals surface area contributed by atoms with Gasteiger partial charge in [-0.25, -0.2) is 4.98 Å². The molecule has 2 aliphatic heterocycles. The summed E-state index contributed by atoms with van der Waals surface area (Å²) in [7, 11) is 0. The van der Waals surface area contributed by atoms with Crippen molar-refractivity contribution < 1.29 is 4.74 Å². The summed E-state index contributed by atoms with van der Waals surface area (Å²) in [6.07, 6.45) is 3.39. The Morgan fingerprint density at radius 2 is 2.11 bits per heavy atom. The van der Waals surface area contributed by atoms with E-state index in [0.717, 1.165) is 49.8 Å². The van der Waals surface area contributed by atoms with Crippen molar-refractivity contribution in [2.45, 2.75) is 39.7 Å². The minimum atomic E-state index is 0.845. The Bertz CT molecular complexity index is 672. The topological polar surface area (TPSA) is 39.1 Å². The molecule has 4 heteroatoms. The number of hydrogen-bond acceptors (Lipinski definition) is 3. The van der Waals surface area contributed by atoms with Crippen molar-refractivity contribution >= 4 is 17.0 Å². The molecular formula is C15H19N3O. The molecule has 1 aromatic heterocycles. The second kappa shape index (κ2) is 3.89. The molecule has 2 aliphatic rings. The summed E-state index contributed by atoms with van der Waals surface area (Å²) in [5.74, 6) is 2.15. The van der Waals surface area contributed by atoms with E-state index >= 15 is 0 Å². The molecule has 1 N–H and O–H groups in total. The van der Waals surface area contributed by atoms with Gasteiger partial charge in [-0.1, -0.05) is 0 Å². The number of anilines is 1. The van der Waals surface area contributed by atoms with E-state index in [2.05, 4.69) is 23.7 Å². The Hall–Kier alpha value is -1.71.